The predicted octanol–water partition coefficient (Wildman–Crippen LogP) is 3.42. The second-order valence-corrected chi connectivity index (χ2v) is 10.5. The van der Waals surface area contributed by atoms with Crippen LogP contribution in [-0.2, 0) is 38.1 Å². The fourth-order valence-corrected chi connectivity index (χ4v) is 3.57. The number of carbonyl (C=O) groups excluding carboxylic acids is 4. The number of unbranched alkanes of at least 4 members (excludes halogenated alkanes) is 4. The lowest BCUT2D eigenvalue weighted by Gasteiger charge is -2.24. The molecule has 0 fully saturated rings. The molecular weight excluding hydrogens is 530 g/mol. The highest BCUT2D eigenvalue weighted by Crippen LogP contribution is 2.05. The second-order valence-electron chi connectivity index (χ2n) is 10.5. The highest BCUT2D eigenvalue weighted by molar-refractivity contribution is 5.83. The first-order valence-corrected chi connectivity index (χ1v) is 15.6. The largest absolute Gasteiger partial charge is 0.466 e. The fraction of sp³-hybridized carbons (Fsp3) is 0.867. The maximum absolute atomic E-state index is 12.7. The molecule has 4 atom stereocenters. The number of esters is 4. The Kier molecular flexibility index (Phi) is 24.1. The van der Waals surface area contributed by atoms with Crippen LogP contribution in [0.4, 0.5) is 0 Å². The van der Waals surface area contributed by atoms with E-state index in [1.165, 1.54) is 0 Å². The van der Waals surface area contributed by atoms with Gasteiger partial charge in [-0.15, -0.1) is 0 Å². The molecular formula is C30H57N3O8. The van der Waals surface area contributed by atoms with E-state index < -0.39 is 36.0 Å². The Morgan fingerprint density at radius 3 is 1.39 bits per heavy atom. The van der Waals surface area contributed by atoms with Crippen LogP contribution in [0.25, 0.3) is 0 Å². The molecule has 0 aromatic rings. The van der Waals surface area contributed by atoms with Crippen LogP contribution in [0.3, 0.4) is 0 Å². The quantitative estimate of drug-likeness (QED) is 0.0779. The Bertz CT molecular complexity index is 722. The van der Waals surface area contributed by atoms with Gasteiger partial charge in [0.2, 0.25) is 0 Å². The summed E-state index contributed by atoms with van der Waals surface area (Å²) in [6.07, 6.45) is 6.47. The number of rotatable bonds is 26. The van der Waals surface area contributed by atoms with Crippen LogP contribution in [0.1, 0.15) is 106 Å². The zero-order chi connectivity index (χ0) is 30.9. The number of nitrogens with one attached hydrogen (secondary N) is 3. The van der Waals surface area contributed by atoms with E-state index in [0.29, 0.717) is 39.5 Å². The molecule has 0 bridgehead atoms. The van der Waals surface area contributed by atoms with Gasteiger partial charge in [-0.2, -0.15) is 0 Å². The SMILES string of the molecule is CCCCOC(=O)CC(NCC(C)NCC(C)NC(CC(=O)OCCCC)C(=O)OCCCC)C(=O)OCCCC. The molecule has 4 unspecified atom stereocenters. The highest BCUT2D eigenvalue weighted by Gasteiger charge is 2.27. The van der Waals surface area contributed by atoms with E-state index in [0.717, 1.165) is 51.4 Å². The summed E-state index contributed by atoms with van der Waals surface area (Å²) >= 11 is 0. The zero-order valence-electron chi connectivity index (χ0n) is 26.4. The van der Waals surface area contributed by atoms with Gasteiger partial charge in [0.1, 0.15) is 12.1 Å². The lowest BCUT2D eigenvalue weighted by atomic mass is 10.1. The van der Waals surface area contributed by atoms with Crippen molar-refractivity contribution in [3.05, 3.63) is 0 Å². The minimum absolute atomic E-state index is 0.0738. The van der Waals surface area contributed by atoms with Crippen molar-refractivity contribution in [2.24, 2.45) is 0 Å². The number of carbonyl (C=O) groups is 4. The molecule has 0 aliphatic rings. The standard InChI is InChI=1S/C30H57N3O8/c1-7-11-15-38-27(34)19-25(29(36)40-17-13-9-3)32-21-23(5)31-22-24(6)33-26(30(37)41-18-14-10-4)20-28(35)39-16-12-8-2/h23-26,31-33H,7-22H2,1-6H3. The third kappa shape index (κ3) is 21.2. The van der Waals surface area contributed by atoms with Crippen molar-refractivity contribution in [3.8, 4) is 0 Å². The molecule has 0 spiro atoms. The average Bonchev–Trinajstić information content (AvgIpc) is 2.94. The van der Waals surface area contributed by atoms with Crippen LogP contribution in [0.5, 0.6) is 0 Å². The van der Waals surface area contributed by atoms with Gasteiger partial charge in [0.05, 0.1) is 39.3 Å². The second kappa shape index (κ2) is 25.5. The predicted molar refractivity (Wildman–Crippen MR) is 158 cm³/mol. The molecule has 240 valence electrons. The first kappa shape index (κ1) is 38.8. The summed E-state index contributed by atoms with van der Waals surface area (Å²) in [6.45, 7) is 14.0. The van der Waals surface area contributed by atoms with Gasteiger partial charge in [-0.25, -0.2) is 0 Å². The van der Waals surface area contributed by atoms with E-state index in [2.05, 4.69) is 16.0 Å². The van der Waals surface area contributed by atoms with E-state index in [9.17, 15) is 19.2 Å². The van der Waals surface area contributed by atoms with E-state index >= 15 is 0 Å². The monoisotopic (exact) mass is 587 g/mol. The molecule has 0 aliphatic heterocycles. The van der Waals surface area contributed by atoms with Crippen molar-refractivity contribution in [2.75, 3.05) is 39.5 Å². The van der Waals surface area contributed by atoms with Crippen molar-refractivity contribution >= 4 is 23.9 Å². The molecule has 0 heterocycles. The molecule has 11 heteroatoms. The van der Waals surface area contributed by atoms with Gasteiger partial charge in [0, 0.05) is 25.2 Å². The number of hydrogen-bond donors (Lipinski definition) is 3. The molecule has 0 rings (SSSR count). The summed E-state index contributed by atoms with van der Waals surface area (Å²) in [5, 5.41) is 9.68. The highest BCUT2D eigenvalue weighted by atomic mass is 16.5. The Hall–Kier alpha value is -2.24. The zero-order valence-corrected chi connectivity index (χ0v) is 26.4. The van der Waals surface area contributed by atoms with Gasteiger partial charge < -0.3 is 34.9 Å². The first-order valence-electron chi connectivity index (χ1n) is 15.6. The molecule has 3 N–H and O–H groups in total. The van der Waals surface area contributed by atoms with Crippen molar-refractivity contribution in [1.29, 1.82) is 0 Å². The molecule has 0 saturated heterocycles. The average molecular weight is 588 g/mol. The summed E-state index contributed by atoms with van der Waals surface area (Å²) in [7, 11) is 0. The van der Waals surface area contributed by atoms with Crippen LogP contribution in [0.15, 0.2) is 0 Å². The van der Waals surface area contributed by atoms with Gasteiger partial charge in [-0.3, -0.25) is 19.2 Å². The van der Waals surface area contributed by atoms with Gasteiger partial charge in [0.15, 0.2) is 0 Å². The Morgan fingerprint density at radius 1 is 0.537 bits per heavy atom. The number of hydrogen-bond acceptors (Lipinski definition) is 11. The molecule has 41 heavy (non-hydrogen) atoms. The molecule has 0 aliphatic carbocycles. The van der Waals surface area contributed by atoms with Crippen molar-refractivity contribution in [3.63, 3.8) is 0 Å². The topological polar surface area (TPSA) is 141 Å². The Balaban J connectivity index is 4.92. The summed E-state index contributed by atoms with van der Waals surface area (Å²) in [4.78, 5) is 49.8. The Labute approximate surface area is 247 Å². The van der Waals surface area contributed by atoms with Gasteiger partial charge in [0.25, 0.3) is 0 Å². The lowest BCUT2D eigenvalue weighted by molar-refractivity contribution is -0.153. The van der Waals surface area contributed by atoms with Crippen molar-refractivity contribution in [1.82, 2.24) is 16.0 Å². The van der Waals surface area contributed by atoms with E-state index in [1.807, 2.05) is 41.5 Å². The minimum atomic E-state index is -0.813. The number of ether oxygens (including phenoxy) is 4. The molecule has 0 radical (unpaired) electrons. The van der Waals surface area contributed by atoms with Crippen molar-refractivity contribution in [2.45, 2.75) is 130 Å². The minimum Gasteiger partial charge on any atom is -0.466 e. The normalized spacial score (nSPS) is 14.0. The Morgan fingerprint density at radius 2 is 0.927 bits per heavy atom. The molecule has 0 aromatic carbocycles. The van der Waals surface area contributed by atoms with E-state index in [4.69, 9.17) is 18.9 Å². The van der Waals surface area contributed by atoms with Crippen LogP contribution in [0, 0.1) is 0 Å². The van der Waals surface area contributed by atoms with Gasteiger partial charge >= 0.3 is 23.9 Å². The summed E-state index contributed by atoms with van der Waals surface area (Å²) in [5.74, 6) is -1.82. The van der Waals surface area contributed by atoms with E-state index in [1.54, 1.807) is 0 Å². The summed E-state index contributed by atoms with van der Waals surface area (Å²) in [6, 6.07) is -1.86. The fourth-order valence-electron chi connectivity index (χ4n) is 3.57. The van der Waals surface area contributed by atoms with Crippen LogP contribution in [-0.4, -0.2) is 87.6 Å². The maximum Gasteiger partial charge on any atom is 0.323 e. The third-order valence-corrected chi connectivity index (χ3v) is 6.25. The third-order valence-electron chi connectivity index (χ3n) is 6.25. The van der Waals surface area contributed by atoms with E-state index in [-0.39, 0.29) is 24.9 Å². The molecule has 11 nitrogen and oxygen atoms in total. The molecule has 0 saturated carbocycles. The molecule has 0 aromatic heterocycles. The summed E-state index contributed by atoms with van der Waals surface area (Å²) < 4.78 is 21.2. The maximum atomic E-state index is 12.7. The van der Waals surface area contributed by atoms with Crippen LogP contribution >= 0.6 is 0 Å². The smallest absolute Gasteiger partial charge is 0.323 e. The summed E-state index contributed by atoms with van der Waals surface area (Å²) in [5.41, 5.74) is 0. The molecule has 0 amide bonds. The van der Waals surface area contributed by atoms with Gasteiger partial charge in [-0.05, 0) is 39.5 Å². The van der Waals surface area contributed by atoms with Crippen LogP contribution in [0.2, 0.25) is 0 Å². The van der Waals surface area contributed by atoms with Crippen LogP contribution < -0.4 is 16.0 Å². The van der Waals surface area contributed by atoms with Gasteiger partial charge in [-0.1, -0.05) is 53.4 Å². The first-order chi connectivity index (χ1) is 19.7. The van der Waals surface area contributed by atoms with Crippen molar-refractivity contribution < 1.29 is 38.1 Å². The lowest BCUT2D eigenvalue weighted by Crippen LogP contribution is -2.51.